The van der Waals surface area contributed by atoms with Gasteiger partial charge in [-0.05, 0) is 44.1 Å². The summed E-state index contributed by atoms with van der Waals surface area (Å²) in [5.74, 6) is 1.03. The van der Waals surface area contributed by atoms with Crippen LogP contribution in [0.3, 0.4) is 0 Å². The second-order valence-electron chi connectivity index (χ2n) is 7.61. The number of nitrogens with zero attached hydrogens (tertiary/aromatic N) is 1. The lowest BCUT2D eigenvalue weighted by atomic mass is 9.67. The largest absolute Gasteiger partial charge is 0.342 e. The molecule has 3 atom stereocenters. The van der Waals surface area contributed by atoms with Crippen LogP contribution in [0, 0.1) is 17.3 Å². The molecular weight excluding hydrogens is 350 g/mol. The first kappa shape index (κ1) is 19.9. The first-order valence-electron chi connectivity index (χ1n) is 8.85. The Morgan fingerprint density at radius 3 is 2.83 bits per heavy atom. The highest BCUT2D eigenvalue weighted by Gasteiger charge is 2.51. The van der Waals surface area contributed by atoms with E-state index < -0.39 is 10.0 Å². The smallest absolute Gasteiger partial charge is 0.230 e. The second-order valence-corrected chi connectivity index (χ2v) is 9.44. The minimum Gasteiger partial charge on any atom is -0.342 e. The summed E-state index contributed by atoms with van der Waals surface area (Å²) in [6.45, 7) is 3.74. The molecule has 1 aliphatic carbocycles. The zero-order chi connectivity index (χ0) is 16.5. The zero-order valence-electron chi connectivity index (χ0n) is 14.4. The van der Waals surface area contributed by atoms with Crippen LogP contribution in [0.5, 0.6) is 0 Å². The Kier molecular flexibility index (Phi) is 6.56. The fourth-order valence-corrected chi connectivity index (χ4v) is 5.21. The van der Waals surface area contributed by atoms with Gasteiger partial charge < -0.3 is 10.2 Å². The number of halogens is 1. The van der Waals surface area contributed by atoms with Gasteiger partial charge in [-0.15, -0.1) is 12.4 Å². The van der Waals surface area contributed by atoms with E-state index in [1.165, 1.54) is 12.7 Å². The van der Waals surface area contributed by atoms with E-state index >= 15 is 0 Å². The highest BCUT2D eigenvalue weighted by Crippen LogP contribution is 2.45. The minimum atomic E-state index is -3.16. The number of hydrogen-bond donors (Lipinski definition) is 2. The van der Waals surface area contributed by atoms with Gasteiger partial charge in [0.2, 0.25) is 15.9 Å². The number of carbonyl (C=O) groups excluding carboxylic acids is 1. The number of amides is 1. The van der Waals surface area contributed by atoms with E-state index in [9.17, 15) is 13.2 Å². The molecule has 2 aliphatic heterocycles. The predicted molar refractivity (Wildman–Crippen MR) is 96.7 cm³/mol. The molecule has 3 fully saturated rings. The van der Waals surface area contributed by atoms with Crippen molar-refractivity contribution in [2.24, 2.45) is 17.3 Å². The van der Waals surface area contributed by atoms with Crippen LogP contribution in [0.4, 0.5) is 0 Å². The van der Waals surface area contributed by atoms with Gasteiger partial charge in [0.05, 0.1) is 11.7 Å². The molecule has 0 radical (unpaired) electrons. The Morgan fingerprint density at radius 2 is 2.08 bits per heavy atom. The average Bonchev–Trinajstić information content (AvgIpc) is 2.97. The Balaban J connectivity index is 0.00000208. The van der Waals surface area contributed by atoms with Gasteiger partial charge in [0.15, 0.2) is 0 Å². The molecule has 0 bridgehead atoms. The number of fused-ring (bicyclic) bond motifs is 1. The number of hydrogen-bond acceptors (Lipinski definition) is 4. The number of likely N-dealkylation sites (tertiary alicyclic amines) is 1. The lowest BCUT2D eigenvalue weighted by Crippen LogP contribution is -2.53. The van der Waals surface area contributed by atoms with E-state index in [4.69, 9.17) is 0 Å². The topological polar surface area (TPSA) is 78.5 Å². The van der Waals surface area contributed by atoms with Crippen molar-refractivity contribution in [3.05, 3.63) is 0 Å². The van der Waals surface area contributed by atoms with Crippen molar-refractivity contribution in [3.63, 3.8) is 0 Å². The summed E-state index contributed by atoms with van der Waals surface area (Å²) in [6.07, 6.45) is 7.70. The van der Waals surface area contributed by atoms with E-state index in [2.05, 4.69) is 10.0 Å². The van der Waals surface area contributed by atoms with Crippen LogP contribution in [0.15, 0.2) is 0 Å². The summed E-state index contributed by atoms with van der Waals surface area (Å²) >= 11 is 0. The van der Waals surface area contributed by atoms with Gasteiger partial charge in [-0.3, -0.25) is 4.79 Å². The molecule has 0 aromatic carbocycles. The Hall–Kier alpha value is -0.370. The van der Waals surface area contributed by atoms with Crippen molar-refractivity contribution in [2.75, 3.05) is 39.0 Å². The Labute approximate surface area is 151 Å². The van der Waals surface area contributed by atoms with Crippen molar-refractivity contribution in [2.45, 2.75) is 38.5 Å². The maximum absolute atomic E-state index is 13.3. The molecule has 1 amide bonds. The van der Waals surface area contributed by atoms with E-state index in [0.717, 1.165) is 51.7 Å². The van der Waals surface area contributed by atoms with Crippen molar-refractivity contribution >= 4 is 28.3 Å². The molecule has 1 saturated carbocycles. The quantitative estimate of drug-likeness (QED) is 0.763. The third kappa shape index (κ3) is 4.23. The summed E-state index contributed by atoms with van der Waals surface area (Å²) in [7, 11) is -3.16. The van der Waals surface area contributed by atoms with Gasteiger partial charge >= 0.3 is 0 Å². The summed E-state index contributed by atoms with van der Waals surface area (Å²) in [6, 6.07) is 0. The fraction of sp³-hybridized carbons (Fsp3) is 0.938. The molecule has 3 aliphatic rings. The van der Waals surface area contributed by atoms with Gasteiger partial charge in [0.1, 0.15) is 0 Å². The molecule has 0 aromatic rings. The normalized spacial score (nSPS) is 33.6. The molecule has 2 N–H and O–H groups in total. The van der Waals surface area contributed by atoms with Gasteiger partial charge in [-0.1, -0.05) is 12.8 Å². The molecule has 24 heavy (non-hydrogen) atoms. The van der Waals surface area contributed by atoms with Gasteiger partial charge in [0, 0.05) is 26.2 Å². The van der Waals surface area contributed by atoms with E-state index in [0.29, 0.717) is 24.9 Å². The van der Waals surface area contributed by atoms with Crippen molar-refractivity contribution < 1.29 is 13.2 Å². The number of sulfonamides is 1. The standard InChI is InChI=1S/C16H29N3O3S.ClH/c1-23(21,22)18-9-13-5-4-8-19(11-13)15(20)16-7-3-2-6-14(16)10-17-12-16;/h13-14,17-18H,2-12H2,1H3;1H/t13?,14-,16+;/m0./s1. The van der Waals surface area contributed by atoms with Crippen LogP contribution in [-0.2, 0) is 14.8 Å². The maximum Gasteiger partial charge on any atom is 0.230 e. The van der Waals surface area contributed by atoms with Crippen molar-refractivity contribution in [1.29, 1.82) is 0 Å². The Bertz CT molecular complexity index is 557. The maximum atomic E-state index is 13.3. The van der Waals surface area contributed by atoms with Gasteiger partial charge in [-0.2, -0.15) is 0 Å². The molecule has 2 saturated heterocycles. The SMILES string of the molecule is CS(=O)(=O)NCC1CCCN(C(=O)[C@@]23CCCC[C@H]2CNC3)C1.Cl. The fourth-order valence-electron chi connectivity index (χ4n) is 4.67. The van der Waals surface area contributed by atoms with E-state index in [-0.39, 0.29) is 23.7 Å². The van der Waals surface area contributed by atoms with Crippen LogP contribution in [0.1, 0.15) is 38.5 Å². The molecule has 1 unspecified atom stereocenters. The van der Waals surface area contributed by atoms with Gasteiger partial charge in [0.25, 0.3) is 0 Å². The van der Waals surface area contributed by atoms with Crippen LogP contribution < -0.4 is 10.0 Å². The monoisotopic (exact) mass is 379 g/mol. The van der Waals surface area contributed by atoms with Crippen LogP contribution in [-0.4, -0.2) is 58.2 Å². The Morgan fingerprint density at radius 1 is 1.29 bits per heavy atom. The van der Waals surface area contributed by atoms with E-state index in [1.54, 1.807) is 0 Å². The third-order valence-corrected chi connectivity index (χ3v) is 6.60. The second kappa shape index (κ2) is 7.89. The molecular formula is C16H30ClN3O3S. The molecule has 3 rings (SSSR count). The molecule has 0 spiro atoms. The average molecular weight is 380 g/mol. The summed E-state index contributed by atoms with van der Waals surface area (Å²) < 4.78 is 25.2. The lowest BCUT2D eigenvalue weighted by Gasteiger charge is -2.43. The lowest BCUT2D eigenvalue weighted by molar-refractivity contribution is -0.147. The summed E-state index contributed by atoms with van der Waals surface area (Å²) in [4.78, 5) is 15.3. The molecule has 6 nitrogen and oxygen atoms in total. The highest BCUT2D eigenvalue weighted by molar-refractivity contribution is 7.88. The third-order valence-electron chi connectivity index (χ3n) is 5.90. The number of carbonyl (C=O) groups is 1. The first-order valence-corrected chi connectivity index (χ1v) is 10.7. The summed E-state index contributed by atoms with van der Waals surface area (Å²) in [5.41, 5.74) is -0.190. The number of piperidine rings is 1. The first-order chi connectivity index (χ1) is 10.9. The van der Waals surface area contributed by atoms with Crippen LogP contribution in [0.25, 0.3) is 0 Å². The molecule has 8 heteroatoms. The summed E-state index contributed by atoms with van der Waals surface area (Å²) in [5, 5.41) is 3.44. The van der Waals surface area contributed by atoms with Crippen LogP contribution in [0.2, 0.25) is 0 Å². The van der Waals surface area contributed by atoms with Crippen LogP contribution >= 0.6 is 12.4 Å². The molecule has 2 heterocycles. The predicted octanol–water partition coefficient (Wildman–Crippen LogP) is 0.976. The number of rotatable bonds is 4. The highest BCUT2D eigenvalue weighted by atomic mass is 35.5. The zero-order valence-corrected chi connectivity index (χ0v) is 16.1. The van der Waals surface area contributed by atoms with Crippen molar-refractivity contribution in [1.82, 2.24) is 14.9 Å². The molecule has 140 valence electrons. The molecule has 0 aromatic heterocycles. The number of nitrogens with one attached hydrogen (secondary N) is 2. The van der Waals surface area contributed by atoms with Gasteiger partial charge in [-0.25, -0.2) is 13.1 Å². The van der Waals surface area contributed by atoms with E-state index in [1.807, 2.05) is 4.90 Å². The van der Waals surface area contributed by atoms with Crippen molar-refractivity contribution in [3.8, 4) is 0 Å². The minimum absolute atomic E-state index is 0.